The van der Waals surface area contributed by atoms with Gasteiger partial charge in [0.15, 0.2) is 11.1 Å². The van der Waals surface area contributed by atoms with Crippen molar-refractivity contribution < 1.29 is 13.6 Å². The number of amides is 1. The first kappa shape index (κ1) is 9.88. The van der Waals surface area contributed by atoms with Crippen LogP contribution in [0.4, 0.5) is 0 Å². The van der Waals surface area contributed by atoms with Crippen LogP contribution in [0.3, 0.4) is 0 Å². The van der Waals surface area contributed by atoms with Gasteiger partial charge in [-0.05, 0) is 24.6 Å². The van der Waals surface area contributed by atoms with Gasteiger partial charge in [-0.25, -0.2) is 4.21 Å². The third-order valence-corrected chi connectivity index (χ3v) is 2.33. The second kappa shape index (κ2) is 3.68. The molecule has 1 amide bonds. The van der Waals surface area contributed by atoms with E-state index in [1.165, 1.54) is 12.1 Å². The van der Waals surface area contributed by atoms with Crippen molar-refractivity contribution in [2.75, 3.05) is 0 Å². The maximum atomic E-state index is 10.8. The van der Waals surface area contributed by atoms with E-state index in [9.17, 15) is 9.00 Å². The molecule has 4 nitrogen and oxygen atoms in total. The molecule has 0 aliphatic heterocycles. The minimum atomic E-state index is -2.07. The molecule has 5 heteroatoms. The van der Waals surface area contributed by atoms with E-state index in [4.69, 9.17) is 10.3 Å². The third-order valence-electron chi connectivity index (χ3n) is 1.68. The minimum absolute atomic E-state index is 0.180. The fourth-order valence-corrected chi connectivity index (χ4v) is 1.38. The Balaban J connectivity index is 3.27. The molecule has 1 unspecified atom stereocenters. The zero-order chi connectivity index (χ0) is 10.0. The highest BCUT2D eigenvalue weighted by Gasteiger charge is 2.08. The number of hydrogen-bond acceptors (Lipinski definition) is 2. The molecule has 1 aromatic rings. The van der Waals surface area contributed by atoms with Crippen molar-refractivity contribution in [1.82, 2.24) is 0 Å². The Bertz CT molecular complexity index is 376. The lowest BCUT2D eigenvalue weighted by Crippen LogP contribution is -2.13. The summed E-state index contributed by atoms with van der Waals surface area (Å²) in [5.41, 5.74) is 6.04. The quantitative estimate of drug-likeness (QED) is 0.687. The minimum Gasteiger partial charge on any atom is -0.366 e. The number of primary amides is 1. The van der Waals surface area contributed by atoms with Gasteiger partial charge in [-0.15, -0.1) is 0 Å². The molecule has 3 N–H and O–H groups in total. The van der Waals surface area contributed by atoms with Crippen LogP contribution in [0.1, 0.15) is 15.9 Å². The molecule has 0 saturated heterocycles. The molecule has 0 aliphatic carbocycles. The normalized spacial score (nSPS) is 12.5. The predicted octanol–water partition coefficient (Wildman–Crippen LogP) is 0.675. The van der Waals surface area contributed by atoms with Gasteiger partial charge in [-0.2, -0.15) is 0 Å². The average Bonchev–Trinajstić information content (AvgIpc) is 2.04. The maximum absolute atomic E-state index is 10.8. The number of aryl methyl sites for hydroxylation is 1. The van der Waals surface area contributed by atoms with Crippen molar-refractivity contribution in [3.05, 3.63) is 29.3 Å². The molecule has 0 radical (unpaired) electrons. The molecule has 1 atom stereocenters. The van der Waals surface area contributed by atoms with Crippen LogP contribution in [0.15, 0.2) is 23.1 Å². The number of nitrogens with two attached hydrogens (primary N) is 1. The standard InChI is InChI=1S/C8H9NO3S/c1-5-2-3-6(13(11)12)4-7(5)8(9)10/h2-4H,1H3,(H2,9,10)(H,11,12). The van der Waals surface area contributed by atoms with Gasteiger partial charge in [0, 0.05) is 5.56 Å². The molecule has 0 spiro atoms. The molecule has 1 aromatic carbocycles. The highest BCUT2D eigenvalue weighted by atomic mass is 32.2. The lowest BCUT2D eigenvalue weighted by atomic mass is 10.1. The molecule has 70 valence electrons. The summed E-state index contributed by atoms with van der Waals surface area (Å²) in [7, 11) is 0. The van der Waals surface area contributed by atoms with E-state index < -0.39 is 17.0 Å². The van der Waals surface area contributed by atoms with Crippen molar-refractivity contribution in [2.45, 2.75) is 11.8 Å². The second-order valence-electron chi connectivity index (χ2n) is 2.59. The molecule has 0 fully saturated rings. The summed E-state index contributed by atoms with van der Waals surface area (Å²) in [4.78, 5) is 11.0. The Hall–Kier alpha value is -1.20. The fraction of sp³-hybridized carbons (Fsp3) is 0.125. The van der Waals surface area contributed by atoms with Gasteiger partial charge in [0.1, 0.15) is 0 Å². The molecule has 0 aliphatic rings. The monoisotopic (exact) mass is 199 g/mol. The highest BCUT2D eigenvalue weighted by Crippen LogP contribution is 2.12. The first-order chi connectivity index (χ1) is 6.02. The van der Waals surface area contributed by atoms with E-state index in [1.807, 2.05) is 0 Å². The van der Waals surface area contributed by atoms with Crippen LogP contribution >= 0.6 is 0 Å². The summed E-state index contributed by atoms with van der Waals surface area (Å²) in [6.07, 6.45) is 0. The molecule has 0 heterocycles. The summed E-state index contributed by atoms with van der Waals surface area (Å²) in [5, 5.41) is 0. The van der Waals surface area contributed by atoms with Gasteiger partial charge < -0.3 is 10.3 Å². The lowest BCUT2D eigenvalue weighted by Gasteiger charge is -2.02. The summed E-state index contributed by atoms with van der Waals surface area (Å²) in [5.74, 6) is -0.593. The Kier molecular flexibility index (Phi) is 2.79. The first-order valence-corrected chi connectivity index (χ1v) is 4.64. The highest BCUT2D eigenvalue weighted by molar-refractivity contribution is 7.79. The summed E-state index contributed by atoms with van der Waals surface area (Å²) < 4.78 is 19.4. The number of rotatable bonds is 2. The molecular formula is C8H9NO3S. The Labute approximate surface area is 78.0 Å². The maximum Gasteiger partial charge on any atom is 0.249 e. The Morgan fingerprint density at radius 3 is 2.62 bits per heavy atom. The van der Waals surface area contributed by atoms with Crippen molar-refractivity contribution >= 4 is 17.0 Å². The van der Waals surface area contributed by atoms with Crippen LogP contribution in [0, 0.1) is 6.92 Å². The van der Waals surface area contributed by atoms with E-state index in [1.54, 1.807) is 13.0 Å². The number of carbonyl (C=O) groups is 1. The largest absolute Gasteiger partial charge is 0.366 e. The van der Waals surface area contributed by atoms with E-state index in [-0.39, 0.29) is 10.5 Å². The van der Waals surface area contributed by atoms with Crippen LogP contribution in [0.25, 0.3) is 0 Å². The summed E-state index contributed by atoms with van der Waals surface area (Å²) in [6, 6.07) is 4.40. The van der Waals surface area contributed by atoms with Crippen LogP contribution in [0.5, 0.6) is 0 Å². The Morgan fingerprint density at radius 1 is 1.54 bits per heavy atom. The van der Waals surface area contributed by atoms with Crippen LogP contribution < -0.4 is 5.73 Å². The number of benzene rings is 1. The molecule has 13 heavy (non-hydrogen) atoms. The molecule has 1 rings (SSSR count). The zero-order valence-corrected chi connectivity index (χ0v) is 7.80. The van der Waals surface area contributed by atoms with Crippen LogP contribution in [-0.2, 0) is 11.1 Å². The molecule has 0 saturated carbocycles. The van der Waals surface area contributed by atoms with Gasteiger partial charge in [-0.1, -0.05) is 6.07 Å². The average molecular weight is 199 g/mol. The topological polar surface area (TPSA) is 80.4 Å². The smallest absolute Gasteiger partial charge is 0.249 e. The third kappa shape index (κ3) is 2.13. The first-order valence-electron chi connectivity index (χ1n) is 3.53. The molecule has 0 bridgehead atoms. The number of hydrogen-bond donors (Lipinski definition) is 2. The predicted molar refractivity (Wildman–Crippen MR) is 48.7 cm³/mol. The van der Waals surface area contributed by atoms with Gasteiger partial charge >= 0.3 is 0 Å². The SMILES string of the molecule is Cc1ccc(S(=O)O)cc1C(N)=O. The molecular weight excluding hydrogens is 190 g/mol. The van der Waals surface area contributed by atoms with E-state index in [0.29, 0.717) is 5.56 Å². The van der Waals surface area contributed by atoms with Gasteiger partial charge in [0.05, 0.1) is 4.90 Å². The van der Waals surface area contributed by atoms with E-state index in [0.717, 1.165) is 0 Å². The zero-order valence-electron chi connectivity index (χ0n) is 6.98. The van der Waals surface area contributed by atoms with Crippen molar-refractivity contribution in [2.24, 2.45) is 5.73 Å². The van der Waals surface area contributed by atoms with E-state index >= 15 is 0 Å². The van der Waals surface area contributed by atoms with Gasteiger partial charge in [0.2, 0.25) is 5.91 Å². The second-order valence-corrected chi connectivity index (χ2v) is 3.56. The van der Waals surface area contributed by atoms with Crippen LogP contribution in [0.2, 0.25) is 0 Å². The van der Waals surface area contributed by atoms with Gasteiger partial charge in [-0.3, -0.25) is 4.79 Å². The molecule has 0 aromatic heterocycles. The number of carbonyl (C=O) groups excluding carboxylic acids is 1. The fourth-order valence-electron chi connectivity index (χ4n) is 0.975. The van der Waals surface area contributed by atoms with Crippen molar-refractivity contribution in [3.63, 3.8) is 0 Å². The summed E-state index contributed by atoms with van der Waals surface area (Å²) in [6.45, 7) is 1.71. The van der Waals surface area contributed by atoms with Crippen LogP contribution in [-0.4, -0.2) is 14.7 Å². The van der Waals surface area contributed by atoms with E-state index in [2.05, 4.69) is 0 Å². The Morgan fingerprint density at radius 2 is 2.15 bits per heavy atom. The van der Waals surface area contributed by atoms with Gasteiger partial charge in [0.25, 0.3) is 0 Å². The lowest BCUT2D eigenvalue weighted by molar-refractivity contribution is 0.0999. The summed E-state index contributed by atoms with van der Waals surface area (Å²) >= 11 is -2.07. The van der Waals surface area contributed by atoms with Crippen molar-refractivity contribution in [3.8, 4) is 0 Å². The van der Waals surface area contributed by atoms with Crippen molar-refractivity contribution in [1.29, 1.82) is 0 Å².